The van der Waals surface area contributed by atoms with Crippen LogP contribution in [0.15, 0.2) is 22.7 Å². The van der Waals surface area contributed by atoms with Gasteiger partial charge in [-0.1, -0.05) is 40.5 Å². The normalized spacial score (nSPS) is 26.8. The second-order valence-corrected chi connectivity index (χ2v) is 8.02. The molecule has 2 rings (SSSR count). The van der Waals surface area contributed by atoms with E-state index in [1.165, 1.54) is 5.75 Å². The summed E-state index contributed by atoms with van der Waals surface area (Å²) in [6.07, 6.45) is -0.508. The summed E-state index contributed by atoms with van der Waals surface area (Å²) in [5.74, 6) is 2.26. The van der Waals surface area contributed by atoms with Crippen molar-refractivity contribution < 1.29 is 5.11 Å². The number of rotatable bonds is 2. The fourth-order valence-electron chi connectivity index (χ4n) is 1.95. The lowest BCUT2D eigenvalue weighted by molar-refractivity contribution is 0.173. The van der Waals surface area contributed by atoms with Crippen LogP contribution in [0, 0.1) is 0 Å². The topological polar surface area (TPSA) is 20.2 Å². The van der Waals surface area contributed by atoms with Gasteiger partial charge in [0, 0.05) is 37.1 Å². The minimum atomic E-state index is -0.508. The first-order chi connectivity index (χ1) is 8.11. The molecule has 0 amide bonds. The molecule has 0 bridgehead atoms. The van der Waals surface area contributed by atoms with Crippen LogP contribution in [0.4, 0.5) is 0 Å². The molecule has 3 unspecified atom stereocenters. The summed E-state index contributed by atoms with van der Waals surface area (Å²) in [7, 11) is 0. The predicted molar refractivity (Wildman–Crippen MR) is 82.3 cm³/mol. The molecule has 1 saturated heterocycles. The highest BCUT2D eigenvalue weighted by Gasteiger charge is 2.32. The molecule has 1 heterocycles. The Morgan fingerprint density at radius 2 is 2.12 bits per heavy atom. The maximum atomic E-state index is 10.5. The fourth-order valence-corrected chi connectivity index (χ4v) is 5.77. The van der Waals surface area contributed by atoms with Crippen molar-refractivity contribution in [3.05, 3.63) is 33.3 Å². The Labute approximate surface area is 124 Å². The van der Waals surface area contributed by atoms with Gasteiger partial charge in [-0.3, -0.25) is 0 Å². The van der Waals surface area contributed by atoms with E-state index in [9.17, 15) is 5.11 Å². The SMILES string of the molecule is CC1SCCSC1C(O)c1c(Cl)cccc1Br. The van der Waals surface area contributed by atoms with Crippen molar-refractivity contribution in [1.29, 1.82) is 0 Å². The third-order valence-electron chi connectivity index (χ3n) is 2.84. The highest BCUT2D eigenvalue weighted by Crippen LogP contribution is 2.42. The number of benzene rings is 1. The van der Waals surface area contributed by atoms with Gasteiger partial charge >= 0.3 is 0 Å². The second kappa shape index (κ2) is 6.20. The van der Waals surface area contributed by atoms with Gasteiger partial charge < -0.3 is 5.11 Å². The average Bonchev–Trinajstić information content (AvgIpc) is 2.29. The first-order valence-electron chi connectivity index (χ1n) is 5.46. The van der Waals surface area contributed by atoms with Gasteiger partial charge in [0.2, 0.25) is 0 Å². The third kappa shape index (κ3) is 3.16. The van der Waals surface area contributed by atoms with Crippen molar-refractivity contribution in [2.45, 2.75) is 23.5 Å². The van der Waals surface area contributed by atoms with Crippen LogP contribution in [0.1, 0.15) is 18.6 Å². The van der Waals surface area contributed by atoms with Crippen LogP contribution < -0.4 is 0 Å². The molecular formula is C12H14BrClOS2. The van der Waals surface area contributed by atoms with Crippen LogP contribution in [-0.2, 0) is 0 Å². The van der Waals surface area contributed by atoms with Gasteiger partial charge in [-0.05, 0) is 12.1 Å². The highest BCUT2D eigenvalue weighted by atomic mass is 79.9. The Kier molecular flexibility index (Phi) is 5.13. The number of aliphatic hydroxyl groups excluding tert-OH is 1. The van der Waals surface area contributed by atoms with Gasteiger partial charge in [-0.2, -0.15) is 23.5 Å². The molecule has 0 radical (unpaired) electrons. The number of hydrogen-bond donors (Lipinski definition) is 1. The summed E-state index contributed by atoms with van der Waals surface area (Å²) in [5, 5.41) is 11.8. The Hall–Kier alpha value is 0.650. The van der Waals surface area contributed by atoms with E-state index in [4.69, 9.17) is 11.6 Å². The summed E-state index contributed by atoms with van der Waals surface area (Å²) in [5.41, 5.74) is 0.820. The molecule has 1 aromatic rings. The van der Waals surface area contributed by atoms with E-state index < -0.39 is 6.10 Å². The van der Waals surface area contributed by atoms with Crippen LogP contribution in [-0.4, -0.2) is 27.1 Å². The summed E-state index contributed by atoms with van der Waals surface area (Å²) in [6.45, 7) is 2.18. The largest absolute Gasteiger partial charge is 0.387 e. The molecule has 1 fully saturated rings. The molecule has 0 saturated carbocycles. The molecule has 0 aliphatic carbocycles. The van der Waals surface area contributed by atoms with Gasteiger partial charge in [-0.25, -0.2) is 0 Å². The molecule has 1 aliphatic rings. The summed E-state index contributed by atoms with van der Waals surface area (Å²) < 4.78 is 0.890. The first kappa shape index (κ1) is 14.1. The Morgan fingerprint density at radius 3 is 2.76 bits per heavy atom. The van der Waals surface area contributed by atoms with Crippen LogP contribution in [0.5, 0.6) is 0 Å². The maximum Gasteiger partial charge on any atom is 0.0944 e. The molecule has 0 spiro atoms. The molecule has 94 valence electrons. The predicted octanol–water partition coefficient (Wildman–Crippen LogP) is 4.37. The Morgan fingerprint density at radius 1 is 1.41 bits per heavy atom. The van der Waals surface area contributed by atoms with Crippen LogP contribution >= 0.6 is 51.1 Å². The van der Waals surface area contributed by atoms with Crippen molar-refractivity contribution in [3.8, 4) is 0 Å². The fraction of sp³-hybridized carbons (Fsp3) is 0.500. The van der Waals surface area contributed by atoms with E-state index in [0.29, 0.717) is 10.3 Å². The van der Waals surface area contributed by atoms with Gasteiger partial charge in [0.05, 0.1) is 6.10 Å². The molecule has 1 aliphatic heterocycles. The lowest BCUT2D eigenvalue weighted by atomic mass is 10.0. The monoisotopic (exact) mass is 352 g/mol. The van der Waals surface area contributed by atoms with Crippen LogP contribution in [0.2, 0.25) is 5.02 Å². The van der Waals surface area contributed by atoms with E-state index >= 15 is 0 Å². The lowest BCUT2D eigenvalue weighted by Crippen LogP contribution is -2.29. The number of aliphatic hydroxyl groups is 1. The minimum Gasteiger partial charge on any atom is -0.387 e. The standard InChI is InChI=1S/C12H14BrClOS2/c1-7-12(17-6-5-16-7)11(15)10-8(13)3-2-4-9(10)14/h2-4,7,11-12,15H,5-6H2,1H3. The lowest BCUT2D eigenvalue weighted by Gasteiger charge is -2.32. The Balaban J connectivity index is 2.26. The van der Waals surface area contributed by atoms with Gasteiger partial charge in [0.1, 0.15) is 0 Å². The number of thioether (sulfide) groups is 2. The zero-order valence-electron chi connectivity index (χ0n) is 9.40. The van der Waals surface area contributed by atoms with Crippen molar-refractivity contribution in [2.75, 3.05) is 11.5 Å². The van der Waals surface area contributed by atoms with Gasteiger partial charge in [0.15, 0.2) is 0 Å². The van der Waals surface area contributed by atoms with Crippen LogP contribution in [0.3, 0.4) is 0 Å². The third-order valence-corrected chi connectivity index (χ3v) is 7.05. The number of hydrogen-bond acceptors (Lipinski definition) is 3. The second-order valence-electron chi connectivity index (χ2n) is 3.99. The summed E-state index contributed by atoms with van der Waals surface area (Å²) in [4.78, 5) is 0. The van der Waals surface area contributed by atoms with Crippen molar-refractivity contribution in [2.24, 2.45) is 0 Å². The van der Waals surface area contributed by atoms with E-state index in [2.05, 4.69) is 22.9 Å². The molecular weight excluding hydrogens is 340 g/mol. The molecule has 3 atom stereocenters. The van der Waals surface area contributed by atoms with Crippen molar-refractivity contribution in [1.82, 2.24) is 0 Å². The number of halogens is 2. The highest BCUT2D eigenvalue weighted by molar-refractivity contribution is 9.10. The molecule has 1 nitrogen and oxygen atoms in total. The van der Waals surface area contributed by atoms with E-state index in [0.717, 1.165) is 15.8 Å². The van der Waals surface area contributed by atoms with E-state index in [-0.39, 0.29) is 5.25 Å². The van der Waals surface area contributed by atoms with Gasteiger partial charge in [-0.15, -0.1) is 0 Å². The van der Waals surface area contributed by atoms with E-state index in [1.807, 2.05) is 41.7 Å². The zero-order valence-corrected chi connectivity index (χ0v) is 13.4. The Bertz CT molecular complexity index is 382. The molecule has 0 aromatic heterocycles. The summed E-state index contributed by atoms with van der Waals surface area (Å²) >= 11 is 13.4. The van der Waals surface area contributed by atoms with Crippen molar-refractivity contribution >= 4 is 51.1 Å². The average molecular weight is 354 g/mol. The first-order valence-corrected chi connectivity index (χ1v) is 8.73. The van der Waals surface area contributed by atoms with E-state index in [1.54, 1.807) is 0 Å². The summed E-state index contributed by atoms with van der Waals surface area (Å²) in [6, 6.07) is 5.64. The smallest absolute Gasteiger partial charge is 0.0944 e. The minimum absolute atomic E-state index is 0.213. The van der Waals surface area contributed by atoms with Gasteiger partial charge in [0.25, 0.3) is 0 Å². The van der Waals surface area contributed by atoms with Crippen LogP contribution in [0.25, 0.3) is 0 Å². The zero-order chi connectivity index (χ0) is 12.4. The molecule has 1 aromatic carbocycles. The maximum absolute atomic E-state index is 10.5. The van der Waals surface area contributed by atoms with Crippen molar-refractivity contribution in [3.63, 3.8) is 0 Å². The molecule has 1 N–H and O–H groups in total. The quantitative estimate of drug-likeness (QED) is 0.852. The molecule has 5 heteroatoms. The molecule has 17 heavy (non-hydrogen) atoms.